The van der Waals surface area contributed by atoms with Gasteiger partial charge in [0.2, 0.25) is 5.62 Å². The SMILES string of the molecule is CC.[B]C(C)(C)n1c(=N)n(CC(F)F)c2cc(Nc3cnnc4c(C(F)(F)F)cc(F)cc34)c3c(c21)C(=C)NC3c1cc(F)ccc1Cl. The van der Waals surface area contributed by atoms with Crippen molar-refractivity contribution in [2.24, 2.45) is 0 Å². The maximum atomic E-state index is 14.6. The fourth-order valence-electron chi connectivity index (χ4n) is 5.91. The number of fused-ring (bicyclic) bond motifs is 4. The van der Waals surface area contributed by atoms with Gasteiger partial charge >= 0.3 is 6.18 Å². The summed E-state index contributed by atoms with van der Waals surface area (Å²) in [5.74, 6) is -1.81. The molecule has 6 rings (SSSR count). The molecule has 1 aliphatic heterocycles. The zero-order chi connectivity index (χ0) is 35.5. The van der Waals surface area contributed by atoms with E-state index < -0.39 is 53.3 Å². The Hall–Kier alpha value is -4.53. The Morgan fingerprint density at radius 1 is 1.08 bits per heavy atom. The van der Waals surface area contributed by atoms with Gasteiger partial charge in [-0.3, -0.25) is 5.41 Å². The molecule has 1 aliphatic rings. The van der Waals surface area contributed by atoms with Gasteiger partial charge in [0.15, 0.2) is 0 Å². The van der Waals surface area contributed by atoms with E-state index in [2.05, 4.69) is 27.4 Å². The van der Waals surface area contributed by atoms with E-state index in [1.165, 1.54) is 22.8 Å². The predicted octanol–water partition coefficient (Wildman–Crippen LogP) is 8.38. The van der Waals surface area contributed by atoms with Crippen molar-refractivity contribution in [2.75, 3.05) is 5.32 Å². The number of nitrogens with one attached hydrogen (secondary N) is 3. The molecule has 3 N–H and O–H groups in total. The molecule has 1 unspecified atom stereocenters. The number of alkyl halides is 5. The lowest BCUT2D eigenvalue weighted by molar-refractivity contribution is -0.136. The van der Waals surface area contributed by atoms with Crippen LogP contribution in [0.4, 0.5) is 42.1 Å². The zero-order valence-electron chi connectivity index (χ0n) is 26.0. The Bertz CT molecular complexity index is 2130. The quantitative estimate of drug-likeness (QED) is 0.124. The number of anilines is 2. The highest BCUT2D eigenvalue weighted by molar-refractivity contribution is 6.31. The minimum Gasteiger partial charge on any atom is -0.374 e. The maximum Gasteiger partial charge on any atom is 0.418 e. The van der Waals surface area contributed by atoms with Crippen LogP contribution >= 0.6 is 11.6 Å². The Morgan fingerprint density at radius 2 is 1.77 bits per heavy atom. The third-order valence-electron chi connectivity index (χ3n) is 7.66. The third-order valence-corrected chi connectivity index (χ3v) is 8.01. The number of halogens is 8. The second-order valence-corrected chi connectivity index (χ2v) is 11.8. The first kappa shape index (κ1) is 34.8. The molecule has 0 bridgehead atoms. The molecule has 2 aromatic heterocycles. The third kappa shape index (κ3) is 5.99. The number of rotatable bonds is 6. The van der Waals surface area contributed by atoms with E-state index in [1.807, 2.05) is 13.8 Å². The van der Waals surface area contributed by atoms with E-state index in [0.717, 1.165) is 22.9 Å². The van der Waals surface area contributed by atoms with Crippen molar-refractivity contribution in [3.8, 4) is 0 Å². The Kier molecular flexibility index (Phi) is 9.06. The van der Waals surface area contributed by atoms with Crippen molar-refractivity contribution in [3.05, 3.63) is 93.7 Å². The van der Waals surface area contributed by atoms with Gasteiger partial charge in [-0.05, 0) is 36.4 Å². The van der Waals surface area contributed by atoms with Crippen LogP contribution in [0.2, 0.25) is 5.02 Å². The molecule has 3 aromatic carbocycles. The molecule has 0 spiro atoms. The lowest BCUT2D eigenvalue weighted by atomic mass is 9.81. The van der Waals surface area contributed by atoms with Crippen LogP contribution in [0.3, 0.4) is 0 Å². The molecule has 0 saturated carbocycles. The fourth-order valence-corrected chi connectivity index (χ4v) is 6.14. The lowest BCUT2D eigenvalue weighted by Crippen LogP contribution is -2.38. The van der Waals surface area contributed by atoms with Crippen LogP contribution in [0.1, 0.15) is 56.0 Å². The first-order valence-electron chi connectivity index (χ1n) is 14.6. The molecule has 2 radical (unpaired) electrons. The van der Waals surface area contributed by atoms with E-state index in [1.54, 1.807) is 13.8 Å². The van der Waals surface area contributed by atoms with Gasteiger partial charge in [0, 0.05) is 43.9 Å². The topological polar surface area (TPSA) is 83.6 Å². The van der Waals surface area contributed by atoms with Gasteiger partial charge < -0.3 is 19.8 Å². The van der Waals surface area contributed by atoms with E-state index in [0.29, 0.717) is 17.2 Å². The molecule has 250 valence electrons. The summed E-state index contributed by atoms with van der Waals surface area (Å²) in [6.45, 7) is 10.4. The molecule has 5 aromatic rings. The number of hydrogen-bond acceptors (Lipinski definition) is 5. The fraction of sp³-hybridized carbons (Fsp3) is 0.281. The average Bonchev–Trinajstić information content (AvgIpc) is 3.48. The van der Waals surface area contributed by atoms with Gasteiger partial charge in [-0.25, -0.2) is 17.6 Å². The Labute approximate surface area is 276 Å². The van der Waals surface area contributed by atoms with Gasteiger partial charge in [-0.2, -0.15) is 18.3 Å². The van der Waals surface area contributed by atoms with E-state index in [-0.39, 0.29) is 49.7 Å². The molecular weight excluding hydrogens is 662 g/mol. The number of hydrogen-bond donors (Lipinski definition) is 3. The highest BCUT2D eigenvalue weighted by Gasteiger charge is 2.38. The van der Waals surface area contributed by atoms with Crippen molar-refractivity contribution >= 4 is 58.5 Å². The summed E-state index contributed by atoms with van der Waals surface area (Å²) in [4.78, 5) is 0. The molecule has 16 heteroatoms. The first-order valence-corrected chi connectivity index (χ1v) is 15.0. The van der Waals surface area contributed by atoms with Gasteiger partial charge in [0.1, 0.15) is 25.0 Å². The monoisotopic (exact) mass is 689 g/mol. The normalized spacial score (nSPS) is 14.7. The van der Waals surface area contributed by atoms with Crippen molar-refractivity contribution < 1.29 is 30.7 Å². The van der Waals surface area contributed by atoms with Crippen LogP contribution in [0.5, 0.6) is 0 Å². The Balaban J connectivity index is 0.00000221. The summed E-state index contributed by atoms with van der Waals surface area (Å²) in [7, 11) is 6.45. The van der Waals surface area contributed by atoms with E-state index >= 15 is 0 Å². The van der Waals surface area contributed by atoms with Crippen LogP contribution in [0.25, 0.3) is 27.6 Å². The number of benzene rings is 3. The highest BCUT2D eigenvalue weighted by Crippen LogP contribution is 2.48. The lowest BCUT2D eigenvalue weighted by Gasteiger charge is -2.24. The molecule has 0 fully saturated rings. The summed E-state index contributed by atoms with van der Waals surface area (Å²) in [6.07, 6.45) is -6.76. The van der Waals surface area contributed by atoms with Crippen molar-refractivity contribution in [3.63, 3.8) is 0 Å². The summed E-state index contributed by atoms with van der Waals surface area (Å²) in [5, 5.41) is 22.2. The van der Waals surface area contributed by atoms with Crippen LogP contribution in [0.15, 0.2) is 49.2 Å². The minimum absolute atomic E-state index is 0.104. The van der Waals surface area contributed by atoms with E-state index in [9.17, 15) is 30.7 Å². The highest BCUT2D eigenvalue weighted by atomic mass is 35.5. The minimum atomic E-state index is -4.96. The molecule has 0 amide bonds. The summed E-state index contributed by atoms with van der Waals surface area (Å²) < 4.78 is 101. The van der Waals surface area contributed by atoms with E-state index in [4.69, 9.17) is 24.9 Å². The molecule has 7 nitrogen and oxygen atoms in total. The summed E-state index contributed by atoms with van der Waals surface area (Å²) >= 11 is 6.50. The van der Waals surface area contributed by atoms with Crippen molar-refractivity contribution in [1.29, 1.82) is 5.41 Å². The maximum absolute atomic E-state index is 14.6. The first-order chi connectivity index (χ1) is 22.5. The second kappa shape index (κ2) is 12.5. The molecule has 48 heavy (non-hydrogen) atoms. The standard InChI is InChI=1S/C30H22BClF7N7.C2H6/c1-12-23-24(26(42-12)15-6-13(33)4-5-18(15)32)19(9-21-27(23)46(29(2,3)31)28(40)45(21)11-22(35)36)43-20-10-41-44-25-16(20)7-14(34)8-17(25)30(37,38)39;1-2/h4-10,22,26,40,42H,1,11H2,2-3H3,(H,43,44);1-2H3. The van der Waals surface area contributed by atoms with Crippen molar-refractivity contribution in [2.45, 2.75) is 58.3 Å². The van der Waals surface area contributed by atoms with Gasteiger partial charge in [0.25, 0.3) is 6.43 Å². The molecular formula is C32H28BClF7N7. The largest absolute Gasteiger partial charge is 0.418 e. The molecule has 1 atom stereocenters. The molecule has 0 aliphatic carbocycles. The number of imidazole rings is 1. The predicted molar refractivity (Wildman–Crippen MR) is 171 cm³/mol. The van der Waals surface area contributed by atoms with Crippen molar-refractivity contribution in [1.82, 2.24) is 24.6 Å². The van der Waals surface area contributed by atoms with Crippen LogP contribution in [-0.4, -0.2) is 33.6 Å². The second-order valence-electron chi connectivity index (χ2n) is 11.3. The van der Waals surface area contributed by atoms with Gasteiger partial charge in [-0.15, -0.1) is 5.10 Å². The number of nitrogens with zero attached hydrogens (tertiary/aromatic N) is 4. The summed E-state index contributed by atoms with van der Waals surface area (Å²) in [5.41, 5.74) is -2.17. The average molecular weight is 690 g/mol. The Morgan fingerprint density at radius 3 is 2.40 bits per heavy atom. The van der Waals surface area contributed by atoms with Crippen LogP contribution in [0, 0.1) is 17.0 Å². The van der Waals surface area contributed by atoms with Gasteiger partial charge in [0.05, 0.1) is 41.1 Å². The van der Waals surface area contributed by atoms with Crippen LogP contribution in [-0.2, 0) is 18.2 Å². The van der Waals surface area contributed by atoms with Crippen LogP contribution < -0.4 is 16.3 Å². The molecule has 3 heterocycles. The zero-order valence-corrected chi connectivity index (χ0v) is 26.8. The summed E-state index contributed by atoms with van der Waals surface area (Å²) in [6, 6.07) is 5.32. The number of aromatic nitrogens is 4. The smallest absolute Gasteiger partial charge is 0.374 e. The molecule has 0 saturated heterocycles. The van der Waals surface area contributed by atoms with Gasteiger partial charge in [-0.1, -0.05) is 45.9 Å².